The molecule has 26 heavy (non-hydrogen) atoms. The summed E-state index contributed by atoms with van der Waals surface area (Å²) in [6.07, 6.45) is 4.71. The second kappa shape index (κ2) is 8.70. The number of aromatic carboxylic acids is 1. The fourth-order valence-corrected chi connectivity index (χ4v) is 4.69. The summed E-state index contributed by atoms with van der Waals surface area (Å²) in [5.41, 5.74) is -0.127. The molecule has 7 nitrogen and oxygen atoms in total. The van der Waals surface area contributed by atoms with Crippen molar-refractivity contribution >= 4 is 11.8 Å². The van der Waals surface area contributed by atoms with Gasteiger partial charge < -0.3 is 24.9 Å². The molecular formula is C18H25LiN4O3. The number of rotatable bonds is 5. The Kier molecular flexibility index (Phi) is 6.57. The predicted molar refractivity (Wildman–Crippen MR) is 90.0 cm³/mol. The largest absolute Gasteiger partial charge is 1.00 e. The number of aromatic nitrogens is 2. The van der Waals surface area contributed by atoms with Crippen LogP contribution >= 0.6 is 0 Å². The molecule has 3 heterocycles. The summed E-state index contributed by atoms with van der Waals surface area (Å²) in [4.78, 5) is 13.4. The third kappa shape index (κ3) is 4.58. The SMILES string of the molecule is O=C([O-])c1ccc(N[C@H]2C[C@@H]3CN(CC4CCOCC4)C[C@@H]3C2)nn1.[Li+]. The standard InChI is InChI=1S/C18H26N4O3.Li/c23-18(24)16-1-2-17(21-20-16)19-15-7-13-10-22(11-14(13)8-15)9-12-3-5-25-6-4-12;/h1-2,12-15H,3-11H2,(H,19,21)(H,23,24);/q;+1/p-1/t13-,14+,15+;. The molecule has 1 aliphatic carbocycles. The summed E-state index contributed by atoms with van der Waals surface area (Å²) in [6.45, 7) is 5.49. The van der Waals surface area contributed by atoms with Gasteiger partial charge in [0.15, 0.2) is 0 Å². The van der Waals surface area contributed by atoms with E-state index in [2.05, 4.69) is 20.4 Å². The summed E-state index contributed by atoms with van der Waals surface area (Å²) in [6, 6.07) is 3.52. The number of carboxylic acid groups (broad SMARTS) is 1. The third-order valence-corrected chi connectivity index (χ3v) is 5.91. The Morgan fingerprint density at radius 3 is 2.46 bits per heavy atom. The van der Waals surface area contributed by atoms with Crippen LogP contribution in [0, 0.1) is 17.8 Å². The molecule has 1 N–H and O–H groups in total. The van der Waals surface area contributed by atoms with E-state index in [0.717, 1.165) is 43.8 Å². The Bertz CT molecular complexity index is 595. The number of likely N-dealkylation sites (tertiary alicyclic amines) is 1. The van der Waals surface area contributed by atoms with Gasteiger partial charge in [-0.3, -0.25) is 0 Å². The van der Waals surface area contributed by atoms with E-state index in [0.29, 0.717) is 11.9 Å². The number of anilines is 1. The average molecular weight is 352 g/mol. The molecule has 0 radical (unpaired) electrons. The third-order valence-electron chi connectivity index (χ3n) is 5.91. The van der Waals surface area contributed by atoms with Crippen LogP contribution in [0.25, 0.3) is 0 Å². The number of fused-ring (bicyclic) bond motifs is 1. The molecule has 0 amide bonds. The fourth-order valence-electron chi connectivity index (χ4n) is 4.69. The molecule has 0 unspecified atom stereocenters. The molecule has 2 aliphatic heterocycles. The second-order valence-corrected chi connectivity index (χ2v) is 7.70. The topological polar surface area (TPSA) is 90.4 Å². The number of nitrogens with zero attached hydrogens (tertiary/aromatic N) is 3. The number of hydrogen-bond acceptors (Lipinski definition) is 7. The zero-order chi connectivity index (χ0) is 17.2. The number of carbonyl (C=O) groups is 1. The second-order valence-electron chi connectivity index (χ2n) is 7.70. The predicted octanol–water partition coefficient (Wildman–Crippen LogP) is -2.61. The number of nitrogens with one attached hydrogen (secondary N) is 1. The van der Waals surface area contributed by atoms with Crippen molar-refractivity contribution in [1.29, 1.82) is 0 Å². The molecule has 8 heteroatoms. The van der Waals surface area contributed by atoms with Crippen molar-refractivity contribution in [2.45, 2.75) is 31.7 Å². The quantitative estimate of drug-likeness (QED) is 0.581. The molecule has 1 aromatic heterocycles. The van der Waals surface area contributed by atoms with Gasteiger partial charge in [0.1, 0.15) is 11.5 Å². The maximum absolute atomic E-state index is 10.7. The van der Waals surface area contributed by atoms with Crippen LogP contribution in [0.4, 0.5) is 5.82 Å². The molecular weight excluding hydrogens is 327 g/mol. The number of hydrogen-bond donors (Lipinski definition) is 1. The van der Waals surface area contributed by atoms with Gasteiger partial charge >= 0.3 is 18.9 Å². The van der Waals surface area contributed by atoms with Crippen LogP contribution in [-0.2, 0) is 4.74 Å². The van der Waals surface area contributed by atoms with E-state index < -0.39 is 5.97 Å². The summed E-state index contributed by atoms with van der Waals surface area (Å²) >= 11 is 0. The van der Waals surface area contributed by atoms with E-state index in [1.807, 2.05) is 0 Å². The van der Waals surface area contributed by atoms with E-state index >= 15 is 0 Å². The van der Waals surface area contributed by atoms with Crippen molar-refractivity contribution < 1.29 is 33.5 Å². The maximum atomic E-state index is 10.7. The first kappa shape index (κ1) is 19.6. The van der Waals surface area contributed by atoms with Gasteiger partial charge in [-0.05, 0) is 55.6 Å². The van der Waals surface area contributed by atoms with E-state index in [1.54, 1.807) is 6.07 Å². The molecule has 3 atom stereocenters. The minimum absolute atomic E-state index is 0. The molecule has 3 fully saturated rings. The van der Waals surface area contributed by atoms with Gasteiger partial charge in [0.25, 0.3) is 0 Å². The van der Waals surface area contributed by atoms with Crippen LogP contribution in [0.5, 0.6) is 0 Å². The molecule has 0 bridgehead atoms. The first-order valence-corrected chi connectivity index (χ1v) is 9.29. The van der Waals surface area contributed by atoms with Crippen LogP contribution in [-0.4, -0.2) is 60.0 Å². The van der Waals surface area contributed by atoms with E-state index in [1.165, 1.54) is 38.5 Å². The minimum Gasteiger partial charge on any atom is -0.543 e. The number of carbonyl (C=O) groups excluding carboxylic acids is 1. The van der Waals surface area contributed by atoms with Gasteiger partial charge in [-0.25, -0.2) is 0 Å². The molecule has 0 aromatic carbocycles. The monoisotopic (exact) mass is 352 g/mol. The average Bonchev–Trinajstić information content (AvgIpc) is 3.14. The summed E-state index contributed by atoms with van der Waals surface area (Å²) in [5, 5.41) is 21.7. The zero-order valence-corrected chi connectivity index (χ0v) is 15.4. The van der Waals surface area contributed by atoms with Gasteiger partial charge in [-0.1, -0.05) is 0 Å². The van der Waals surface area contributed by atoms with E-state index in [-0.39, 0.29) is 24.6 Å². The zero-order valence-electron chi connectivity index (χ0n) is 15.4. The van der Waals surface area contributed by atoms with Crippen LogP contribution in [0.1, 0.15) is 36.2 Å². The van der Waals surface area contributed by atoms with Gasteiger partial charge in [-0.15, -0.1) is 10.2 Å². The van der Waals surface area contributed by atoms with E-state index in [9.17, 15) is 9.90 Å². The first-order chi connectivity index (χ1) is 12.2. The van der Waals surface area contributed by atoms with Crippen molar-refractivity contribution in [2.24, 2.45) is 17.8 Å². The Morgan fingerprint density at radius 1 is 1.19 bits per heavy atom. The summed E-state index contributed by atoms with van der Waals surface area (Å²) in [5.74, 6) is 1.67. The van der Waals surface area contributed by atoms with Gasteiger partial charge in [-0.2, -0.15) is 0 Å². The molecule has 1 saturated carbocycles. The van der Waals surface area contributed by atoms with Crippen molar-refractivity contribution in [3.05, 3.63) is 17.8 Å². The normalized spacial score (nSPS) is 29.2. The Balaban J connectivity index is 0.00000196. The van der Waals surface area contributed by atoms with Gasteiger partial charge in [0.2, 0.25) is 0 Å². The van der Waals surface area contributed by atoms with E-state index in [4.69, 9.17) is 4.74 Å². The van der Waals surface area contributed by atoms with Crippen LogP contribution in [0.3, 0.4) is 0 Å². The number of ether oxygens (including phenoxy) is 1. The van der Waals surface area contributed by atoms with Gasteiger partial charge in [0, 0.05) is 38.9 Å². The Hall–Kier alpha value is -1.13. The molecule has 1 aromatic rings. The summed E-state index contributed by atoms with van der Waals surface area (Å²) in [7, 11) is 0. The first-order valence-electron chi connectivity index (χ1n) is 9.29. The molecule has 4 rings (SSSR count). The van der Waals surface area contributed by atoms with Crippen LogP contribution < -0.4 is 29.3 Å². The van der Waals surface area contributed by atoms with Crippen molar-refractivity contribution in [3.8, 4) is 0 Å². The van der Waals surface area contributed by atoms with Crippen molar-refractivity contribution in [1.82, 2.24) is 15.1 Å². The van der Waals surface area contributed by atoms with Crippen LogP contribution in [0.2, 0.25) is 0 Å². The Morgan fingerprint density at radius 2 is 1.88 bits per heavy atom. The number of carboxylic acids is 1. The summed E-state index contributed by atoms with van der Waals surface area (Å²) < 4.78 is 5.46. The molecule has 3 aliphatic rings. The van der Waals surface area contributed by atoms with Gasteiger partial charge in [0.05, 0.1) is 5.97 Å². The molecule has 0 spiro atoms. The molecule has 136 valence electrons. The van der Waals surface area contributed by atoms with Crippen molar-refractivity contribution in [2.75, 3.05) is 38.2 Å². The van der Waals surface area contributed by atoms with Crippen LogP contribution in [0.15, 0.2) is 12.1 Å². The maximum Gasteiger partial charge on any atom is 1.00 e. The fraction of sp³-hybridized carbons (Fsp3) is 0.722. The Labute approximate surface area is 166 Å². The molecule has 2 saturated heterocycles. The minimum atomic E-state index is -1.29. The smallest absolute Gasteiger partial charge is 0.543 e. The van der Waals surface area contributed by atoms with Crippen molar-refractivity contribution in [3.63, 3.8) is 0 Å².